The van der Waals surface area contributed by atoms with Crippen LogP contribution in [0.3, 0.4) is 0 Å². The van der Waals surface area contributed by atoms with Crippen LogP contribution in [0.5, 0.6) is 0 Å². The second kappa shape index (κ2) is 9.14. The van der Waals surface area contributed by atoms with Crippen LogP contribution in [0.15, 0.2) is 42.0 Å². The summed E-state index contributed by atoms with van der Waals surface area (Å²) in [5, 5.41) is 0.175. The summed E-state index contributed by atoms with van der Waals surface area (Å²) < 4.78 is 18.2. The average molecular weight is 470 g/mol. The second-order valence-corrected chi connectivity index (χ2v) is 15.8. The Kier molecular flexibility index (Phi) is 6.75. The molecule has 4 rings (SSSR count). The summed E-state index contributed by atoms with van der Waals surface area (Å²) >= 11 is 0. The van der Waals surface area contributed by atoms with Crippen LogP contribution >= 0.6 is 0 Å². The first-order valence-corrected chi connectivity index (χ1v) is 15.1. The van der Waals surface area contributed by atoms with Gasteiger partial charge in [-0.15, -0.1) is 0 Å². The molecule has 0 unspecified atom stereocenters. The minimum Gasteiger partial charge on any atom is -0.463 e. The fourth-order valence-corrected chi connectivity index (χ4v) is 5.99. The second-order valence-electron chi connectivity index (χ2n) is 11.0. The third-order valence-electron chi connectivity index (χ3n) is 7.80. The number of carbonyl (C=O) groups excluding carboxylic acids is 1. The maximum absolute atomic E-state index is 12.6. The lowest BCUT2D eigenvalue weighted by Gasteiger charge is -2.37. The minimum atomic E-state index is -1.82. The molecule has 3 aliphatic rings. The van der Waals surface area contributed by atoms with Gasteiger partial charge in [0.2, 0.25) is 0 Å². The molecule has 0 saturated carbocycles. The molecule has 0 N–H and O–H groups in total. The molecule has 2 aliphatic heterocycles. The molecule has 6 heteroatoms. The van der Waals surface area contributed by atoms with Crippen molar-refractivity contribution < 1.29 is 18.7 Å². The molecule has 1 aromatic rings. The topological polar surface area (TPSA) is 48.0 Å². The first-order valence-electron chi connectivity index (χ1n) is 12.2. The molecule has 0 spiro atoms. The van der Waals surface area contributed by atoms with Gasteiger partial charge in [0.25, 0.3) is 0 Å². The normalized spacial score (nSPS) is 27.3. The van der Waals surface area contributed by atoms with Gasteiger partial charge in [0, 0.05) is 18.4 Å². The molecule has 4 atom stereocenters. The standard InChI is InChI=1S/C27H39NO4Si/c1-8-30-26(29)20-15-21(13-10-14-31-33(6,7)27(3,4)5)28-23(17-20)32-22-16-19-12-9-11-18(2)24(19)25(22)28/h9-13,15,21-23,25H,8,14,16-17H2,1-7H3/b13-10+/t21-,22-,23-,25-/m1/s1. The van der Waals surface area contributed by atoms with Crippen LogP contribution in [0.4, 0.5) is 0 Å². The predicted molar refractivity (Wildman–Crippen MR) is 134 cm³/mol. The quantitative estimate of drug-likeness (QED) is 0.315. The van der Waals surface area contributed by atoms with Crippen LogP contribution in [0.1, 0.15) is 56.8 Å². The number of hydrogen-bond acceptors (Lipinski definition) is 5. The summed E-state index contributed by atoms with van der Waals surface area (Å²) in [6, 6.07) is 6.72. The van der Waals surface area contributed by atoms with Crippen molar-refractivity contribution in [2.24, 2.45) is 0 Å². The number of rotatable bonds is 6. The summed E-state index contributed by atoms with van der Waals surface area (Å²) in [4.78, 5) is 15.0. The lowest BCUT2D eigenvalue weighted by molar-refractivity contribution is -0.139. The molecule has 0 amide bonds. The van der Waals surface area contributed by atoms with E-state index in [2.05, 4.69) is 82.1 Å². The zero-order valence-electron chi connectivity index (χ0n) is 21.2. The van der Waals surface area contributed by atoms with Crippen molar-refractivity contribution in [3.8, 4) is 0 Å². The van der Waals surface area contributed by atoms with Gasteiger partial charge in [0.15, 0.2) is 8.32 Å². The molecule has 0 radical (unpaired) electrons. The van der Waals surface area contributed by atoms with Crippen molar-refractivity contribution in [1.82, 2.24) is 4.90 Å². The number of ether oxygens (including phenoxy) is 2. The average Bonchev–Trinajstić information content (AvgIpc) is 3.26. The van der Waals surface area contributed by atoms with Crippen LogP contribution in [-0.4, -0.2) is 50.8 Å². The third-order valence-corrected chi connectivity index (χ3v) is 12.3. The minimum absolute atomic E-state index is 0.0354. The van der Waals surface area contributed by atoms with E-state index in [0.717, 1.165) is 6.42 Å². The molecular formula is C27H39NO4Si. The number of hydrogen-bond donors (Lipinski definition) is 0. The lowest BCUT2D eigenvalue weighted by atomic mass is 9.95. The molecule has 1 aromatic carbocycles. The summed E-state index contributed by atoms with van der Waals surface area (Å²) in [6.45, 7) is 16.3. The van der Waals surface area contributed by atoms with E-state index in [4.69, 9.17) is 13.9 Å². The molecule has 5 nitrogen and oxygen atoms in total. The predicted octanol–water partition coefficient (Wildman–Crippen LogP) is 5.46. The molecule has 2 heterocycles. The van der Waals surface area contributed by atoms with Crippen molar-refractivity contribution in [3.05, 3.63) is 58.7 Å². The highest BCUT2D eigenvalue weighted by Crippen LogP contribution is 2.49. The maximum atomic E-state index is 12.6. The van der Waals surface area contributed by atoms with Gasteiger partial charge in [-0.3, -0.25) is 4.90 Å². The summed E-state index contributed by atoms with van der Waals surface area (Å²) in [6.07, 6.45) is 7.87. The maximum Gasteiger partial charge on any atom is 0.333 e. The third kappa shape index (κ3) is 4.63. The Bertz CT molecular complexity index is 961. The zero-order chi connectivity index (χ0) is 24.0. The highest BCUT2D eigenvalue weighted by atomic mass is 28.4. The van der Waals surface area contributed by atoms with Gasteiger partial charge < -0.3 is 13.9 Å². The Hall–Kier alpha value is -1.73. The van der Waals surface area contributed by atoms with Gasteiger partial charge in [-0.1, -0.05) is 57.2 Å². The Balaban J connectivity index is 1.61. The van der Waals surface area contributed by atoms with Crippen molar-refractivity contribution in [3.63, 3.8) is 0 Å². The van der Waals surface area contributed by atoms with E-state index in [9.17, 15) is 4.79 Å². The lowest BCUT2D eigenvalue weighted by Crippen LogP contribution is -2.44. The van der Waals surface area contributed by atoms with Gasteiger partial charge in [-0.2, -0.15) is 0 Å². The van der Waals surface area contributed by atoms with Crippen LogP contribution in [0, 0.1) is 6.92 Å². The number of benzene rings is 1. The van der Waals surface area contributed by atoms with Gasteiger partial charge in [-0.05, 0) is 48.7 Å². The SMILES string of the molecule is CCOC(=O)C1=C[C@@H](/C=C/CO[Si](C)(C)C(C)(C)C)N2[C@@H](C1)O[C@@H]1Cc3cccc(C)c3[C@@H]12. The van der Waals surface area contributed by atoms with E-state index < -0.39 is 8.32 Å². The van der Waals surface area contributed by atoms with Crippen LogP contribution in [0.2, 0.25) is 18.1 Å². The molecule has 180 valence electrons. The van der Waals surface area contributed by atoms with Gasteiger partial charge >= 0.3 is 5.97 Å². The number of fused-ring (bicyclic) bond motifs is 5. The molecule has 1 fully saturated rings. The molecule has 0 bridgehead atoms. The Morgan fingerprint density at radius 1 is 1.27 bits per heavy atom. The van der Waals surface area contributed by atoms with E-state index in [-0.39, 0.29) is 35.4 Å². The first-order chi connectivity index (χ1) is 15.5. The summed E-state index contributed by atoms with van der Waals surface area (Å²) in [5.41, 5.74) is 4.80. The highest BCUT2D eigenvalue weighted by molar-refractivity contribution is 6.74. The van der Waals surface area contributed by atoms with Gasteiger partial charge in [-0.25, -0.2) is 4.79 Å². The van der Waals surface area contributed by atoms with E-state index >= 15 is 0 Å². The highest BCUT2D eigenvalue weighted by Gasteiger charge is 2.51. The van der Waals surface area contributed by atoms with Crippen molar-refractivity contribution in [1.29, 1.82) is 0 Å². The van der Waals surface area contributed by atoms with E-state index in [1.807, 2.05) is 6.92 Å². The largest absolute Gasteiger partial charge is 0.463 e. The number of carbonyl (C=O) groups is 1. The Labute approximate surface area is 199 Å². The Morgan fingerprint density at radius 3 is 2.73 bits per heavy atom. The van der Waals surface area contributed by atoms with E-state index in [0.29, 0.717) is 25.2 Å². The number of esters is 1. The summed E-state index contributed by atoms with van der Waals surface area (Å²) in [5.74, 6) is -0.231. The number of nitrogens with zero attached hydrogens (tertiary/aromatic N) is 1. The summed E-state index contributed by atoms with van der Waals surface area (Å²) in [7, 11) is -1.82. The fraction of sp³-hybridized carbons (Fsp3) is 0.593. The van der Waals surface area contributed by atoms with Crippen molar-refractivity contribution >= 4 is 14.3 Å². The Morgan fingerprint density at radius 2 is 2.03 bits per heavy atom. The van der Waals surface area contributed by atoms with Crippen LogP contribution in [0.25, 0.3) is 0 Å². The van der Waals surface area contributed by atoms with Gasteiger partial charge in [0.05, 0.1) is 31.4 Å². The van der Waals surface area contributed by atoms with Crippen LogP contribution in [-0.2, 0) is 25.1 Å². The molecule has 1 aliphatic carbocycles. The molecule has 0 aromatic heterocycles. The van der Waals surface area contributed by atoms with Gasteiger partial charge in [0.1, 0.15) is 6.23 Å². The zero-order valence-corrected chi connectivity index (χ0v) is 22.2. The van der Waals surface area contributed by atoms with Crippen LogP contribution < -0.4 is 0 Å². The first kappa shape index (κ1) is 24.4. The van der Waals surface area contributed by atoms with Crippen molar-refractivity contribution in [2.45, 2.75) is 90.0 Å². The molecule has 33 heavy (non-hydrogen) atoms. The van der Waals surface area contributed by atoms with E-state index in [1.165, 1.54) is 16.7 Å². The van der Waals surface area contributed by atoms with E-state index in [1.54, 1.807) is 0 Å². The fourth-order valence-electron chi connectivity index (χ4n) is 5.05. The smallest absolute Gasteiger partial charge is 0.333 e. The molecule has 1 saturated heterocycles. The van der Waals surface area contributed by atoms with Crippen molar-refractivity contribution in [2.75, 3.05) is 13.2 Å². The molecular weight excluding hydrogens is 430 g/mol. The monoisotopic (exact) mass is 469 g/mol. The number of aryl methyl sites for hydroxylation is 1.